The van der Waals surface area contributed by atoms with Gasteiger partial charge >= 0.3 is 0 Å². The molecule has 0 saturated heterocycles. The van der Waals surface area contributed by atoms with Crippen LogP contribution in [0.3, 0.4) is 0 Å². The largest absolute Gasteiger partial charge is 0.354 e. The van der Waals surface area contributed by atoms with Crippen molar-refractivity contribution in [3.63, 3.8) is 0 Å². The second-order valence-corrected chi connectivity index (χ2v) is 3.27. The van der Waals surface area contributed by atoms with Crippen LogP contribution in [0.5, 0.6) is 0 Å². The molecular formula is C13H14N+. The van der Waals surface area contributed by atoms with Gasteiger partial charge in [0.2, 0.25) is 0 Å². The molecule has 2 aromatic rings. The monoisotopic (exact) mass is 184 g/mol. The van der Waals surface area contributed by atoms with Gasteiger partial charge in [0.05, 0.1) is 0 Å². The number of hydrogen-bond acceptors (Lipinski definition) is 0. The molecule has 0 heterocycles. The minimum Gasteiger partial charge on any atom is -0.354 e. The molecule has 0 unspecified atom stereocenters. The van der Waals surface area contributed by atoms with Crippen molar-refractivity contribution in [2.24, 2.45) is 0 Å². The first-order chi connectivity index (χ1) is 6.92. The Kier molecular flexibility index (Phi) is 2.61. The molecule has 2 aromatic carbocycles. The summed E-state index contributed by atoms with van der Waals surface area (Å²) in [5.74, 6) is 0. The average molecular weight is 184 g/mol. The summed E-state index contributed by atoms with van der Waals surface area (Å²) >= 11 is 0. The predicted octanol–water partition coefficient (Wildman–Crippen LogP) is 2.10. The quantitative estimate of drug-likeness (QED) is 0.740. The van der Waals surface area contributed by atoms with Crippen LogP contribution in [0.15, 0.2) is 54.6 Å². The van der Waals surface area contributed by atoms with E-state index >= 15 is 0 Å². The molecular weight excluding hydrogens is 170 g/mol. The van der Waals surface area contributed by atoms with E-state index in [-0.39, 0.29) is 0 Å². The van der Waals surface area contributed by atoms with E-state index in [9.17, 15) is 0 Å². The first-order valence-electron chi connectivity index (χ1n) is 4.84. The van der Waals surface area contributed by atoms with Gasteiger partial charge in [-0.1, -0.05) is 54.6 Å². The van der Waals surface area contributed by atoms with Crippen LogP contribution in [-0.2, 0) is 6.54 Å². The smallest absolute Gasteiger partial charge is 0.100 e. The highest BCUT2D eigenvalue weighted by Gasteiger charge is 2.02. The van der Waals surface area contributed by atoms with Crippen molar-refractivity contribution in [3.05, 3.63) is 60.2 Å². The molecule has 2 rings (SSSR count). The highest BCUT2D eigenvalue weighted by molar-refractivity contribution is 5.66. The van der Waals surface area contributed by atoms with Crippen LogP contribution in [0.1, 0.15) is 5.56 Å². The van der Waals surface area contributed by atoms with Crippen LogP contribution in [0.25, 0.3) is 11.1 Å². The van der Waals surface area contributed by atoms with Gasteiger partial charge in [0, 0.05) is 5.56 Å². The molecule has 1 nitrogen and oxygen atoms in total. The minimum atomic E-state index is 0.838. The Hall–Kier alpha value is -1.60. The van der Waals surface area contributed by atoms with Gasteiger partial charge in [-0.25, -0.2) is 0 Å². The van der Waals surface area contributed by atoms with Gasteiger partial charge in [-0.2, -0.15) is 0 Å². The van der Waals surface area contributed by atoms with Crippen molar-refractivity contribution in [3.8, 4) is 11.1 Å². The van der Waals surface area contributed by atoms with E-state index < -0.39 is 0 Å². The molecule has 3 N–H and O–H groups in total. The van der Waals surface area contributed by atoms with Gasteiger partial charge < -0.3 is 5.73 Å². The van der Waals surface area contributed by atoms with E-state index in [2.05, 4.69) is 54.3 Å². The molecule has 0 aliphatic rings. The summed E-state index contributed by atoms with van der Waals surface area (Å²) in [6, 6.07) is 18.9. The Morgan fingerprint density at radius 3 is 2.14 bits per heavy atom. The van der Waals surface area contributed by atoms with E-state index in [1.807, 2.05) is 6.07 Å². The lowest BCUT2D eigenvalue weighted by Gasteiger charge is -2.05. The van der Waals surface area contributed by atoms with Crippen molar-refractivity contribution in [1.29, 1.82) is 0 Å². The first kappa shape index (κ1) is 8.97. The minimum absolute atomic E-state index is 0.838. The Morgan fingerprint density at radius 1 is 0.786 bits per heavy atom. The molecule has 0 radical (unpaired) electrons. The van der Waals surface area contributed by atoms with Crippen LogP contribution in [0, 0.1) is 0 Å². The highest BCUT2D eigenvalue weighted by atomic mass is 14.5. The van der Waals surface area contributed by atoms with Gasteiger partial charge in [0.25, 0.3) is 0 Å². The number of rotatable bonds is 2. The fraction of sp³-hybridized carbons (Fsp3) is 0.0769. The second kappa shape index (κ2) is 4.07. The molecule has 0 aliphatic carbocycles. The van der Waals surface area contributed by atoms with E-state index in [4.69, 9.17) is 0 Å². The van der Waals surface area contributed by atoms with Crippen molar-refractivity contribution >= 4 is 0 Å². The van der Waals surface area contributed by atoms with Crippen LogP contribution < -0.4 is 5.73 Å². The van der Waals surface area contributed by atoms with Crippen molar-refractivity contribution in [2.45, 2.75) is 6.54 Å². The highest BCUT2D eigenvalue weighted by Crippen LogP contribution is 2.22. The number of quaternary nitrogens is 1. The summed E-state index contributed by atoms with van der Waals surface area (Å²) in [7, 11) is 0. The Bertz CT molecular complexity index is 407. The van der Waals surface area contributed by atoms with E-state index in [1.54, 1.807) is 0 Å². The zero-order valence-electron chi connectivity index (χ0n) is 8.11. The van der Waals surface area contributed by atoms with Crippen LogP contribution in [0.4, 0.5) is 0 Å². The van der Waals surface area contributed by atoms with Crippen molar-refractivity contribution in [1.82, 2.24) is 0 Å². The number of hydrogen-bond donors (Lipinski definition) is 1. The molecule has 0 amide bonds. The van der Waals surface area contributed by atoms with Gasteiger partial charge in [-0.3, -0.25) is 0 Å². The average Bonchev–Trinajstić information content (AvgIpc) is 2.30. The summed E-state index contributed by atoms with van der Waals surface area (Å²) < 4.78 is 0. The maximum Gasteiger partial charge on any atom is 0.100 e. The van der Waals surface area contributed by atoms with Crippen molar-refractivity contribution in [2.75, 3.05) is 0 Å². The zero-order chi connectivity index (χ0) is 9.80. The SMILES string of the molecule is [NH3+]Cc1ccccc1-c1ccccc1. The summed E-state index contributed by atoms with van der Waals surface area (Å²) in [5.41, 5.74) is 7.81. The lowest BCUT2D eigenvalue weighted by Crippen LogP contribution is -2.47. The fourth-order valence-electron chi connectivity index (χ4n) is 1.64. The van der Waals surface area contributed by atoms with Gasteiger partial charge in [-0.15, -0.1) is 0 Å². The molecule has 70 valence electrons. The molecule has 0 aliphatic heterocycles. The predicted molar refractivity (Wildman–Crippen MR) is 58.5 cm³/mol. The Labute approximate surface area is 84.2 Å². The van der Waals surface area contributed by atoms with Gasteiger partial charge in [-0.05, 0) is 11.1 Å². The molecule has 0 atom stereocenters. The third-order valence-corrected chi connectivity index (χ3v) is 2.37. The van der Waals surface area contributed by atoms with Crippen LogP contribution in [0.2, 0.25) is 0 Å². The lowest BCUT2D eigenvalue weighted by atomic mass is 10.00. The zero-order valence-corrected chi connectivity index (χ0v) is 8.11. The third kappa shape index (κ3) is 1.68. The number of benzene rings is 2. The molecule has 0 aromatic heterocycles. The standard InChI is InChI=1S/C13H13N/c14-10-12-8-4-5-9-13(12)11-6-2-1-3-7-11/h1-9H,10,14H2/p+1. The Morgan fingerprint density at radius 2 is 1.43 bits per heavy atom. The molecule has 14 heavy (non-hydrogen) atoms. The van der Waals surface area contributed by atoms with Crippen molar-refractivity contribution < 1.29 is 5.73 Å². The van der Waals surface area contributed by atoms with E-state index in [0.29, 0.717) is 0 Å². The summed E-state index contributed by atoms with van der Waals surface area (Å²) in [4.78, 5) is 0. The molecule has 0 bridgehead atoms. The molecule has 0 saturated carbocycles. The van der Waals surface area contributed by atoms with E-state index in [0.717, 1.165) is 6.54 Å². The van der Waals surface area contributed by atoms with Crippen LogP contribution in [-0.4, -0.2) is 0 Å². The topological polar surface area (TPSA) is 27.6 Å². The summed E-state index contributed by atoms with van der Waals surface area (Å²) in [6.07, 6.45) is 0. The third-order valence-electron chi connectivity index (χ3n) is 2.37. The van der Waals surface area contributed by atoms with Crippen LogP contribution >= 0.6 is 0 Å². The molecule has 1 heteroatoms. The summed E-state index contributed by atoms with van der Waals surface area (Å²) in [6.45, 7) is 0.838. The first-order valence-corrected chi connectivity index (χ1v) is 4.84. The van der Waals surface area contributed by atoms with Gasteiger partial charge in [0.15, 0.2) is 0 Å². The fourth-order valence-corrected chi connectivity index (χ4v) is 1.64. The lowest BCUT2D eigenvalue weighted by molar-refractivity contribution is -0.386. The molecule has 0 fully saturated rings. The summed E-state index contributed by atoms with van der Waals surface area (Å²) in [5, 5.41) is 0. The maximum absolute atomic E-state index is 3.94. The van der Waals surface area contributed by atoms with Gasteiger partial charge in [0.1, 0.15) is 6.54 Å². The second-order valence-electron chi connectivity index (χ2n) is 3.27. The molecule has 0 spiro atoms. The Balaban J connectivity index is 2.51. The maximum atomic E-state index is 3.94. The van der Waals surface area contributed by atoms with E-state index in [1.165, 1.54) is 16.7 Å². The normalized spacial score (nSPS) is 10.1.